The maximum atomic E-state index is 13.1. The fourth-order valence-corrected chi connectivity index (χ4v) is 5.95. The van der Waals surface area contributed by atoms with E-state index in [4.69, 9.17) is 5.73 Å². The molecule has 33 heavy (non-hydrogen) atoms. The molecule has 7 nitrogen and oxygen atoms in total. The Morgan fingerprint density at radius 3 is 2.73 bits per heavy atom. The minimum atomic E-state index is -4.44. The number of carbonyl (C=O) groups excluding carboxylic acids is 2. The molecule has 1 aromatic carbocycles. The van der Waals surface area contributed by atoms with Gasteiger partial charge in [0.1, 0.15) is 6.04 Å². The lowest BCUT2D eigenvalue weighted by molar-refractivity contribution is -0.141. The first-order chi connectivity index (χ1) is 15.6. The highest BCUT2D eigenvalue weighted by molar-refractivity contribution is 5.87. The van der Waals surface area contributed by atoms with Crippen LogP contribution in [0.25, 0.3) is 0 Å². The van der Waals surface area contributed by atoms with Crippen molar-refractivity contribution in [1.82, 2.24) is 14.7 Å². The molecule has 1 aromatic rings. The number of nitrogens with zero attached hydrogens (tertiary/aromatic N) is 4. The zero-order chi connectivity index (χ0) is 23.7. The molecule has 176 valence electrons. The summed E-state index contributed by atoms with van der Waals surface area (Å²) in [5.74, 6) is 0.0196. The molecule has 0 radical (unpaired) electrons. The molecule has 3 saturated heterocycles. The number of nitrogens with two attached hydrogens (primary N) is 1. The van der Waals surface area contributed by atoms with Gasteiger partial charge >= 0.3 is 6.18 Å². The monoisotopic (exact) mass is 461 g/mol. The van der Waals surface area contributed by atoms with Crippen LogP contribution in [0.3, 0.4) is 0 Å². The first kappa shape index (κ1) is 22.2. The fourth-order valence-electron chi connectivity index (χ4n) is 5.95. The predicted octanol–water partition coefficient (Wildman–Crippen LogP) is 1.89. The van der Waals surface area contributed by atoms with E-state index >= 15 is 0 Å². The van der Waals surface area contributed by atoms with Crippen LogP contribution in [0.15, 0.2) is 24.3 Å². The lowest BCUT2D eigenvalue weighted by Gasteiger charge is -2.38. The number of benzene rings is 1. The van der Waals surface area contributed by atoms with E-state index in [1.165, 1.54) is 6.07 Å². The third-order valence-corrected chi connectivity index (χ3v) is 7.68. The SMILES string of the molecule is C[C@@H](c1cccc(C(F)(F)F)c1)N1C(=O)[C@@H]2C[C@H]1CN2CC(N)C(=O)N1C(C#N)C[C@@H]2C[C@@H]21. The van der Waals surface area contributed by atoms with Gasteiger partial charge in [0, 0.05) is 25.2 Å². The van der Waals surface area contributed by atoms with Crippen molar-refractivity contribution in [3.8, 4) is 6.07 Å². The molecule has 10 heteroatoms. The Morgan fingerprint density at radius 1 is 1.30 bits per heavy atom. The Balaban J connectivity index is 1.24. The Hall–Kier alpha value is -2.64. The van der Waals surface area contributed by atoms with Gasteiger partial charge in [-0.1, -0.05) is 12.1 Å². The number of hydrogen-bond donors (Lipinski definition) is 1. The van der Waals surface area contributed by atoms with E-state index in [9.17, 15) is 28.0 Å². The van der Waals surface area contributed by atoms with Crippen LogP contribution in [-0.4, -0.2) is 69.8 Å². The molecular formula is C23H26F3N5O2. The van der Waals surface area contributed by atoms with Crippen molar-refractivity contribution in [3.63, 3.8) is 0 Å². The number of amides is 2. The van der Waals surface area contributed by atoms with Crippen LogP contribution in [0.5, 0.6) is 0 Å². The number of fused-ring (bicyclic) bond motifs is 3. The molecule has 2 bridgehead atoms. The van der Waals surface area contributed by atoms with E-state index in [1.54, 1.807) is 22.8 Å². The van der Waals surface area contributed by atoms with Crippen LogP contribution in [0.1, 0.15) is 43.4 Å². The van der Waals surface area contributed by atoms with Crippen molar-refractivity contribution in [2.75, 3.05) is 13.1 Å². The zero-order valence-electron chi connectivity index (χ0n) is 18.2. The van der Waals surface area contributed by atoms with Crippen molar-refractivity contribution in [2.45, 2.75) is 68.6 Å². The second-order valence-corrected chi connectivity index (χ2v) is 9.70. The molecule has 7 atom stereocenters. The molecule has 2 N–H and O–H groups in total. The fraction of sp³-hybridized carbons (Fsp3) is 0.609. The van der Waals surface area contributed by atoms with E-state index in [0.717, 1.165) is 18.6 Å². The van der Waals surface area contributed by atoms with Gasteiger partial charge in [-0.3, -0.25) is 14.5 Å². The first-order valence-electron chi connectivity index (χ1n) is 11.3. The lowest BCUT2D eigenvalue weighted by atomic mass is 10.0. The summed E-state index contributed by atoms with van der Waals surface area (Å²) in [5, 5.41) is 9.34. The zero-order valence-corrected chi connectivity index (χ0v) is 18.2. The second kappa shape index (κ2) is 7.71. The minimum Gasteiger partial charge on any atom is -0.330 e. The molecule has 0 spiro atoms. The number of piperidine rings is 1. The van der Waals surface area contributed by atoms with Crippen LogP contribution in [0, 0.1) is 17.2 Å². The summed E-state index contributed by atoms with van der Waals surface area (Å²) in [7, 11) is 0. The summed E-state index contributed by atoms with van der Waals surface area (Å²) in [6, 6.07) is 5.11. The Bertz CT molecular complexity index is 1020. The number of piperazine rings is 1. The van der Waals surface area contributed by atoms with Gasteiger partial charge in [-0.2, -0.15) is 18.4 Å². The summed E-state index contributed by atoms with van der Waals surface area (Å²) in [6.45, 7) is 2.49. The van der Waals surface area contributed by atoms with Gasteiger partial charge < -0.3 is 15.5 Å². The average Bonchev–Trinajstić information content (AvgIpc) is 3.11. The maximum Gasteiger partial charge on any atom is 0.416 e. The van der Waals surface area contributed by atoms with Gasteiger partial charge in [-0.25, -0.2) is 0 Å². The standard InChI is InChI=1S/C23H26F3N5O2/c1-12(13-3-2-4-15(5-13)23(24,25)26)30-17-8-20(22(30)33)29(10-17)11-18(28)21(32)31-16(9-27)6-14-7-19(14)31/h2-5,12,14,16-20H,6-8,10-11,28H2,1H3/t12-,14+,16?,17-,18?,19-,20-/m0/s1. The smallest absolute Gasteiger partial charge is 0.330 e. The van der Waals surface area contributed by atoms with Gasteiger partial charge in [0.05, 0.1) is 29.8 Å². The number of halogens is 3. The number of nitriles is 1. The van der Waals surface area contributed by atoms with E-state index in [2.05, 4.69) is 6.07 Å². The third kappa shape index (κ3) is 3.67. The second-order valence-electron chi connectivity index (χ2n) is 9.70. The molecule has 5 rings (SSSR count). The molecule has 4 aliphatic rings. The quantitative estimate of drug-likeness (QED) is 0.723. The van der Waals surface area contributed by atoms with E-state index in [0.29, 0.717) is 30.9 Å². The van der Waals surface area contributed by atoms with Crippen LogP contribution in [0.4, 0.5) is 13.2 Å². The number of carbonyl (C=O) groups is 2. The normalized spacial score (nSPS) is 32.6. The van der Waals surface area contributed by atoms with Gasteiger partial charge in [0.25, 0.3) is 0 Å². The van der Waals surface area contributed by atoms with Crippen molar-refractivity contribution >= 4 is 11.8 Å². The molecule has 3 aliphatic heterocycles. The van der Waals surface area contributed by atoms with Crippen molar-refractivity contribution in [1.29, 1.82) is 5.26 Å². The van der Waals surface area contributed by atoms with Gasteiger partial charge in [0.2, 0.25) is 11.8 Å². The number of hydrogen-bond acceptors (Lipinski definition) is 5. The largest absolute Gasteiger partial charge is 0.416 e. The number of rotatable bonds is 5. The molecule has 2 unspecified atom stereocenters. The highest BCUT2D eigenvalue weighted by atomic mass is 19.4. The molecule has 3 heterocycles. The highest BCUT2D eigenvalue weighted by Crippen LogP contribution is 2.48. The van der Waals surface area contributed by atoms with Crippen LogP contribution < -0.4 is 5.73 Å². The van der Waals surface area contributed by atoms with Crippen LogP contribution in [0.2, 0.25) is 0 Å². The average molecular weight is 461 g/mol. The summed E-state index contributed by atoms with van der Waals surface area (Å²) >= 11 is 0. The summed E-state index contributed by atoms with van der Waals surface area (Å²) in [6.07, 6.45) is -2.25. The molecule has 1 aliphatic carbocycles. The maximum absolute atomic E-state index is 13.1. The first-order valence-corrected chi connectivity index (χ1v) is 11.3. The topological polar surface area (TPSA) is 93.7 Å². The Morgan fingerprint density at radius 2 is 2.06 bits per heavy atom. The molecule has 2 amide bonds. The molecule has 4 fully saturated rings. The highest BCUT2D eigenvalue weighted by Gasteiger charge is 2.56. The molecule has 0 aromatic heterocycles. The third-order valence-electron chi connectivity index (χ3n) is 7.68. The Labute approximate surface area is 189 Å². The van der Waals surface area contributed by atoms with E-state index in [-0.39, 0.29) is 30.4 Å². The van der Waals surface area contributed by atoms with Crippen molar-refractivity contribution in [3.05, 3.63) is 35.4 Å². The molecule has 1 saturated carbocycles. The lowest BCUT2D eigenvalue weighted by Crippen LogP contribution is -2.57. The summed E-state index contributed by atoms with van der Waals surface area (Å²) in [4.78, 5) is 31.3. The summed E-state index contributed by atoms with van der Waals surface area (Å²) < 4.78 is 39.3. The van der Waals surface area contributed by atoms with Crippen LogP contribution >= 0.6 is 0 Å². The molecular weight excluding hydrogens is 435 g/mol. The number of alkyl halides is 3. The van der Waals surface area contributed by atoms with E-state index in [1.807, 2.05) is 4.90 Å². The van der Waals surface area contributed by atoms with Gasteiger partial charge in [-0.15, -0.1) is 0 Å². The minimum absolute atomic E-state index is 0.119. The van der Waals surface area contributed by atoms with E-state index < -0.39 is 35.9 Å². The Kier molecular flexibility index (Phi) is 5.18. The number of likely N-dealkylation sites (tertiary alicyclic amines) is 3. The predicted molar refractivity (Wildman–Crippen MR) is 111 cm³/mol. The summed E-state index contributed by atoms with van der Waals surface area (Å²) in [5.41, 5.74) is 5.93. The van der Waals surface area contributed by atoms with Crippen molar-refractivity contribution in [2.24, 2.45) is 11.7 Å². The van der Waals surface area contributed by atoms with Crippen LogP contribution in [-0.2, 0) is 15.8 Å². The van der Waals surface area contributed by atoms with Crippen molar-refractivity contribution < 1.29 is 22.8 Å². The van der Waals surface area contributed by atoms with Gasteiger partial charge in [-0.05, 0) is 49.8 Å². The van der Waals surface area contributed by atoms with Gasteiger partial charge in [0.15, 0.2) is 0 Å².